The Morgan fingerprint density at radius 3 is 2.58 bits per heavy atom. The van der Waals surface area contributed by atoms with E-state index in [0.717, 1.165) is 11.3 Å². The molecule has 7 nitrogen and oxygen atoms in total. The molecule has 0 fully saturated rings. The van der Waals surface area contributed by atoms with Gasteiger partial charge >= 0.3 is 0 Å². The molecule has 0 saturated heterocycles. The third-order valence-corrected chi connectivity index (χ3v) is 6.57. The van der Waals surface area contributed by atoms with Gasteiger partial charge in [-0.2, -0.15) is 5.26 Å². The van der Waals surface area contributed by atoms with E-state index in [1.165, 1.54) is 0 Å². The molecular formula is C28H27ClN4O3. The van der Waals surface area contributed by atoms with Gasteiger partial charge in [-0.15, -0.1) is 0 Å². The van der Waals surface area contributed by atoms with Crippen molar-refractivity contribution >= 4 is 28.4 Å². The number of aromatic nitrogens is 2. The molecule has 0 aliphatic carbocycles. The average molecular weight is 503 g/mol. The fourth-order valence-electron chi connectivity index (χ4n) is 4.52. The van der Waals surface area contributed by atoms with Crippen molar-refractivity contribution in [3.63, 3.8) is 0 Å². The number of hydrogen-bond donors (Lipinski definition) is 0. The number of aryl methyl sites for hydroxylation is 1. The Kier molecular flexibility index (Phi) is 7.99. The molecule has 0 saturated carbocycles. The third kappa shape index (κ3) is 5.40. The first-order chi connectivity index (χ1) is 17.4. The van der Waals surface area contributed by atoms with Crippen molar-refractivity contribution in [3.05, 3.63) is 98.6 Å². The minimum absolute atomic E-state index is 0.0865. The predicted molar refractivity (Wildman–Crippen MR) is 139 cm³/mol. The van der Waals surface area contributed by atoms with Gasteiger partial charge in [0.15, 0.2) is 11.4 Å². The van der Waals surface area contributed by atoms with E-state index in [4.69, 9.17) is 16.1 Å². The highest BCUT2D eigenvalue weighted by Crippen LogP contribution is 2.28. The number of halogens is 1. The summed E-state index contributed by atoms with van der Waals surface area (Å²) in [4.78, 5) is 28.8. The number of nitriles is 1. The van der Waals surface area contributed by atoms with Crippen LogP contribution in [0.25, 0.3) is 11.0 Å². The van der Waals surface area contributed by atoms with Crippen LogP contribution < -0.4 is 5.56 Å². The van der Waals surface area contributed by atoms with Gasteiger partial charge in [0, 0.05) is 35.3 Å². The molecule has 0 spiro atoms. The molecule has 0 aliphatic heterocycles. The Morgan fingerprint density at radius 2 is 1.92 bits per heavy atom. The summed E-state index contributed by atoms with van der Waals surface area (Å²) in [6, 6.07) is 20.2. The number of nitrogens with zero attached hydrogens (tertiary/aromatic N) is 4. The number of pyridine rings is 1. The van der Waals surface area contributed by atoms with E-state index < -0.39 is 0 Å². The van der Waals surface area contributed by atoms with Crippen molar-refractivity contribution in [3.8, 4) is 6.07 Å². The number of benzene rings is 2. The molecule has 1 atom stereocenters. The summed E-state index contributed by atoms with van der Waals surface area (Å²) >= 11 is 5.99. The zero-order valence-electron chi connectivity index (χ0n) is 20.3. The van der Waals surface area contributed by atoms with Gasteiger partial charge in [-0.05, 0) is 43.2 Å². The molecule has 0 bridgehead atoms. The summed E-state index contributed by atoms with van der Waals surface area (Å²) in [5, 5.41) is 14.3. The van der Waals surface area contributed by atoms with Gasteiger partial charge in [-0.25, -0.2) is 0 Å². The normalized spacial score (nSPS) is 12.1. The van der Waals surface area contributed by atoms with Crippen LogP contribution in [-0.4, -0.2) is 33.5 Å². The Bertz CT molecular complexity index is 1450. The van der Waals surface area contributed by atoms with Gasteiger partial charge in [0.1, 0.15) is 5.39 Å². The fraction of sp³-hybridized carbons (Fsp3) is 0.286. The third-order valence-electron chi connectivity index (χ3n) is 6.31. The maximum atomic E-state index is 13.7. The quantitative estimate of drug-likeness (QED) is 0.264. The van der Waals surface area contributed by atoms with E-state index in [2.05, 4.69) is 11.2 Å². The minimum atomic E-state index is -0.305. The van der Waals surface area contributed by atoms with E-state index in [1.54, 1.807) is 35.8 Å². The van der Waals surface area contributed by atoms with Crippen LogP contribution in [0.3, 0.4) is 0 Å². The molecule has 2 aromatic heterocycles. The van der Waals surface area contributed by atoms with Crippen molar-refractivity contribution in [2.24, 2.45) is 0 Å². The Balaban J connectivity index is 1.79. The number of ketones is 1. The van der Waals surface area contributed by atoms with Crippen LogP contribution in [0.5, 0.6) is 0 Å². The van der Waals surface area contributed by atoms with Crippen molar-refractivity contribution in [2.45, 2.75) is 39.3 Å². The number of hydrogen-bond acceptors (Lipinski definition) is 6. The van der Waals surface area contributed by atoms with E-state index in [1.807, 2.05) is 48.2 Å². The van der Waals surface area contributed by atoms with Gasteiger partial charge in [0.25, 0.3) is 5.56 Å². The van der Waals surface area contributed by atoms with Crippen LogP contribution in [0, 0.1) is 18.3 Å². The minimum Gasteiger partial charge on any atom is -0.356 e. The maximum Gasteiger partial charge on any atom is 0.264 e. The van der Waals surface area contributed by atoms with Crippen LogP contribution in [0.4, 0.5) is 0 Å². The van der Waals surface area contributed by atoms with Gasteiger partial charge in [0.05, 0.1) is 30.9 Å². The summed E-state index contributed by atoms with van der Waals surface area (Å²) in [5.41, 5.74) is 3.00. The molecule has 0 N–H and O–H groups in total. The number of Topliss-reactive ketones (excluding diaryl/α,β-unsaturated/α-hetero) is 1. The average Bonchev–Trinajstić information content (AvgIpc) is 3.26. The first-order valence-electron chi connectivity index (χ1n) is 11.9. The van der Waals surface area contributed by atoms with Crippen molar-refractivity contribution in [1.29, 1.82) is 5.26 Å². The van der Waals surface area contributed by atoms with E-state index in [-0.39, 0.29) is 30.3 Å². The Labute approximate surface area is 214 Å². The zero-order chi connectivity index (χ0) is 25.7. The molecule has 2 aromatic carbocycles. The molecule has 4 aromatic rings. The van der Waals surface area contributed by atoms with Gasteiger partial charge in [0.2, 0.25) is 0 Å². The van der Waals surface area contributed by atoms with Crippen LogP contribution in [0.15, 0.2) is 70.0 Å². The summed E-state index contributed by atoms with van der Waals surface area (Å²) in [6.45, 7) is 4.59. The number of fused-ring (bicyclic) bond motifs is 1. The van der Waals surface area contributed by atoms with Crippen molar-refractivity contribution in [1.82, 2.24) is 14.6 Å². The lowest BCUT2D eigenvalue weighted by atomic mass is 10.0. The number of carbonyl (C=O) groups is 1. The first kappa shape index (κ1) is 25.4. The second-order valence-electron chi connectivity index (χ2n) is 8.69. The second-order valence-corrected chi connectivity index (χ2v) is 9.12. The van der Waals surface area contributed by atoms with E-state index in [9.17, 15) is 14.9 Å². The van der Waals surface area contributed by atoms with E-state index in [0.29, 0.717) is 46.8 Å². The van der Waals surface area contributed by atoms with Crippen molar-refractivity contribution < 1.29 is 9.32 Å². The molecule has 0 radical (unpaired) electrons. The zero-order valence-corrected chi connectivity index (χ0v) is 21.0. The van der Waals surface area contributed by atoms with Crippen LogP contribution in [-0.2, 0) is 6.54 Å². The monoisotopic (exact) mass is 502 g/mol. The lowest BCUT2D eigenvalue weighted by Gasteiger charge is -2.32. The smallest absolute Gasteiger partial charge is 0.264 e. The summed E-state index contributed by atoms with van der Waals surface area (Å²) in [7, 11) is 0. The summed E-state index contributed by atoms with van der Waals surface area (Å²) in [6.07, 6.45) is 0.864. The molecule has 36 heavy (non-hydrogen) atoms. The van der Waals surface area contributed by atoms with Crippen molar-refractivity contribution in [2.75, 3.05) is 13.1 Å². The second kappa shape index (κ2) is 11.3. The molecule has 8 heteroatoms. The fourth-order valence-corrected chi connectivity index (χ4v) is 4.65. The number of carbonyl (C=O) groups excluding carboxylic acids is 1. The van der Waals surface area contributed by atoms with Crippen LogP contribution >= 0.6 is 11.6 Å². The lowest BCUT2D eigenvalue weighted by molar-refractivity contribution is 0.0884. The van der Waals surface area contributed by atoms with Crippen LogP contribution in [0.1, 0.15) is 53.1 Å². The first-order valence-corrected chi connectivity index (χ1v) is 12.2. The molecule has 1 unspecified atom stereocenters. The molecule has 0 aliphatic rings. The van der Waals surface area contributed by atoms with Gasteiger partial charge < -0.3 is 9.09 Å². The standard InChI is InChI=1S/C28H27ClN4O3/c1-3-23(32(15-7-14-30)18-25(34)21-10-12-22(29)13-11-21)24-16-26-27(19(2)31-36-26)28(35)33(24)17-20-8-5-4-6-9-20/h4-6,8-13,16,23H,3,7,15,17-18H2,1-2H3. The van der Waals surface area contributed by atoms with Gasteiger partial charge in [-0.1, -0.05) is 54.0 Å². The van der Waals surface area contributed by atoms with E-state index >= 15 is 0 Å². The summed E-state index contributed by atoms with van der Waals surface area (Å²) < 4.78 is 7.22. The molecule has 2 heterocycles. The molecular weight excluding hydrogens is 476 g/mol. The van der Waals surface area contributed by atoms with Gasteiger partial charge in [-0.3, -0.25) is 14.5 Å². The highest BCUT2D eigenvalue weighted by atomic mass is 35.5. The lowest BCUT2D eigenvalue weighted by Crippen LogP contribution is -2.37. The van der Waals surface area contributed by atoms with Crippen LogP contribution in [0.2, 0.25) is 5.02 Å². The predicted octanol–water partition coefficient (Wildman–Crippen LogP) is 5.55. The number of rotatable bonds is 10. The Morgan fingerprint density at radius 1 is 1.19 bits per heavy atom. The molecule has 0 amide bonds. The largest absolute Gasteiger partial charge is 0.356 e. The molecule has 184 valence electrons. The Hall–Kier alpha value is -3.73. The highest BCUT2D eigenvalue weighted by Gasteiger charge is 2.27. The molecule has 4 rings (SSSR count). The summed E-state index contributed by atoms with van der Waals surface area (Å²) in [5.74, 6) is -0.0865. The maximum absolute atomic E-state index is 13.7. The topological polar surface area (TPSA) is 92.1 Å². The SMILES string of the molecule is CCC(c1cc2onc(C)c2c(=O)n1Cc1ccccc1)N(CCC#N)CC(=O)c1ccc(Cl)cc1. The highest BCUT2D eigenvalue weighted by molar-refractivity contribution is 6.30.